The zero-order valence-electron chi connectivity index (χ0n) is 16.7. The molecule has 0 aromatic heterocycles. The monoisotopic (exact) mass is 418 g/mol. The molecule has 1 saturated heterocycles. The summed E-state index contributed by atoms with van der Waals surface area (Å²) in [5.41, 5.74) is 0.677. The summed E-state index contributed by atoms with van der Waals surface area (Å²) in [6, 6.07) is 12.5. The van der Waals surface area contributed by atoms with Crippen molar-refractivity contribution in [1.82, 2.24) is 4.90 Å². The van der Waals surface area contributed by atoms with E-state index >= 15 is 0 Å². The SMILES string of the molecule is CCCCCN1CCN(c2ccc(S(=O)(=O)Oc3ccc(OC)cc3)cc2)C1=O. The first kappa shape index (κ1) is 21.0. The first-order valence-electron chi connectivity index (χ1n) is 9.69. The van der Waals surface area contributed by atoms with E-state index in [1.54, 1.807) is 29.2 Å². The van der Waals surface area contributed by atoms with Crippen LogP contribution in [0.2, 0.25) is 0 Å². The smallest absolute Gasteiger partial charge is 0.339 e. The van der Waals surface area contributed by atoms with Gasteiger partial charge in [0.05, 0.1) is 7.11 Å². The van der Waals surface area contributed by atoms with Crippen molar-refractivity contribution in [2.45, 2.75) is 31.1 Å². The van der Waals surface area contributed by atoms with Crippen molar-refractivity contribution < 1.29 is 22.1 Å². The number of amides is 2. The minimum Gasteiger partial charge on any atom is -0.497 e. The third kappa shape index (κ3) is 5.00. The van der Waals surface area contributed by atoms with Crippen LogP contribution in [0, 0.1) is 0 Å². The average Bonchev–Trinajstić information content (AvgIpc) is 3.09. The van der Waals surface area contributed by atoms with E-state index in [9.17, 15) is 13.2 Å². The van der Waals surface area contributed by atoms with Crippen molar-refractivity contribution in [3.8, 4) is 11.5 Å². The van der Waals surface area contributed by atoms with E-state index in [2.05, 4.69) is 6.92 Å². The van der Waals surface area contributed by atoms with Crippen LogP contribution in [0.1, 0.15) is 26.2 Å². The molecule has 0 radical (unpaired) electrons. The van der Waals surface area contributed by atoms with Crippen LogP contribution in [0.15, 0.2) is 53.4 Å². The molecule has 2 amide bonds. The lowest BCUT2D eigenvalue weighted by molar-refractivity contribution is 0.219. The van der Waals surface area contributed by atoms with Crippen molar-refractivity contribution in [1.29, 1.82) is 0 Å². The highest BCUT2D eigenvalue weighted by Crippen LogP contribution is 2.25. The lowest BCUT2D eigenvalue weighted by Gasteiger charge is -2.19. The van der Waals surface area contributed by atoms with E-state index in [-0.39, 0.29) is 16.7 Å². The molecule has 8 heteroatoms. The molecular formula is C21H26N2O5S. The highest BCUT2D eigenvalue weighted by atomic mass is 32.2. The van der Waals surface area contributed by atoms with Gasteiger partial charge < -0.3 is 13.8 Å². The molecule has 0 aliphatic carbocycles. The van der Waals surface area contributed by atoms with Crippen LogP contribution < -0.4 is 13.8 Å². The van der Waals surface area contributed by atoms with Crippen LogP contribution >= 0.6 is 0 Å². The van der Waals surface area contributed by atoms with Gasteiger partial charge in [0.2, 0.25) is 0 Å². The van der Waals surface area contributed by atoms with E-state index in [0.717, 1.165) is 25.8 Å². The molecule has 2 aromatic carbocycles. The van der Waals surface area contributed by atoms with Gasteiger partial charge in [0, 0.05) is 25.3 Å². The van der Waals surface area contributed by atoms with Gasteiger partial charge in [0.25, 0.3) is 0 Å². The Balaban J connectivity index is 1.66. The Kier molecular flexibility index (Phi) is 6.64. The van der Waals surface area contributed by atoms with Gasteiger partial charge in [-0.05, 0) is 55.0 Å². The van der Waals surface area contributed by atoms with Gasteiger partial charge in [-0.2, -0.15) is 8.42 Å². The second-order valence-corrected chi connectivity index (χ2v) is 8.38. The number of rotatable bonds is 9. The predicted molar refractivity (Wildman–Crippen MR) is 111 cm³/mol. The fourth-order valence-corrected chi connectivity index (χ4v) is 4.11. The number of carbonyl (C=O) groups is 1. The quantitative estimate of drug-likeness (QED) is 0.456. The summed E-state index contributed by atoms with van der Waals surface area (Å²) < 4.78 is 35.2. The summed E-state index contributed by atoms with van der Waals surface area (Å²) in [5, 5.41) is 0. The molecule has 29 heavy (non-hydrogen) atoms. The number of ether oxygens (including phenoxy) is 1. The van der Waals surface area contributed by atoms with Gasteiger partial charge in [0.15, 0.2) is 0 Å². The number of anilines is 1. The van der Waals surface area contributed by atoms with Crippen LogP contribution in [0.5, 0.6) is 11.5 Å². The molecule has 1 fully saturated rings. The topological polar surface area (TPSA) is 76.2 Å². The molecule has 156 valence electrons. The van der Waals surface area contributed by atoms with E-state index < -0.39 is 10.1 Å². The van der Waals surface area contributed by atoms with E-state index in [0.29, 0.717) is 24.5 Å². The zero-order chi connectivity index (χ0) is 20.9. The number of hydrogen-bond acceptors (Lipinski definition) is 5. The van der Waals surface area contributed by atoms with Gasteiger partial charge in [0.1, 0.15) is 16.4 Å². The van der Waals surface area contributed by atoms with E-state index in [4.69, 9.17) is 8.92 Å². The normalized spacial score (nSPS) is 14.3. The third-order valence-electron chi connectivity index (χ3n) is 4.83. The minimum atomic E-state index is -3.97. The van der Waals surface area contributed by atoms with Gasteiger partial charge >= 0.3 is 16.1 Å². The van der Waals surface area contributed by atoms with Crippen LogP contribution in [-0.2, 0) is 10.1 Å². The molecule has 7 nitrogen and oxygen atoms in total. The molecule has 0 saturated carbocycles. The molecule has 0 N–H and O–H groups in total. The number of carbonyl (C=O) groups excluding carboxylic acids is 1. The molecule has 0 bridgehead atoms. The second kappa shape index (κ2) is 9.17. The summed E-state index contributed by atoms with van der Waals surface area (Å²) in [6.07, 6.45) is 3.21. The Labute approximate surface area is 172 Å². The van der Waals surface area contributed by atoms with Gasteiger partial charge in [-0.25, -0.2) is 4.79 Å². The standard InChI is InChI=1S/C21H26N2O5S/c1-3-4-5-14-22-15-16-23(21(22)24)17-6-12-20(13-7-17)29(25,26)28-19-10-8-18(27-2)9-11-19/h6-13H,3-5,14-16H2,1-2H3. The fourth-order valence-electron chi connectivity index (χ4n) is 3.18. The number of nitrogens with zero attached hydrogens (tertiary/aromatic N) is 2. The third-order valence-corrected chi connectivity index (χ3v) is 6.09. The summed E-state index contributed by atoms with van der Waals surface area (Å²) in [7, 11) is -2.44. The van der Waals surface area contributed by atoms with E-state index in [1.807, 2.05) is 4.90 Å². The molecule has 1 aliphatic rings. The van der Waals surface area contributed by atoms with Crippen LogP contribution in [-0.4, -0.2) is 46.1 Å². The Hall–Kier alpha value is -2.74. The number of methoxy groups -OCH3 is 1. The predicted octanol–water partition coefficient (Wildman–Crippen LogP) is 3.90. The van der Waals surface area contributed by atoms with Crippen molar-refractivity contribution in [2.75, 3.05) is 31.6 Å². The molecule has 2 aromatic rings. The summed E-state index contributed by atoms with van der Waals surface area (Å²) >= 11 is 0. The second-order valence-electron chi connectivity index (χ2n) is 6.84. The van der Waals surface area contributed by atoms with Crippen molar-refractivity contribution in [3.05, 3.63) is 48.5 Å². The van der Waals surface area contributed by atoms with Crippen molar-refractivity contribution in [3.63, 3.8) is 0 Å². The molecule has 1 aliphatic heterocycles. The molecule has 3 rings (SSSR count). The summed E-state index contributed by atoms with van der Waals surface area (Å²) in [4.78, 5) is 16.1. The summed E-state index contributed by atoms with van der Waals surface area (Å²) in [6.45, 7) is 4.17. The molecule has 0 spiro atoms. The zero-order valence-corrected chi connectivity index (χ0v) is 17.5. The van der Waals surface area contributed by atoms with Gasteiger partial charge in [-0.1, -0.05) is 19.8 Å². The highest BCUT2D eigenvalue weighted by Gasteiger charge is 2.29. The first-order valence-corrected chi connectivity index (χ1v) is 11.1. The Morgan fingerprint density at radius 1 is 0.931 bits per heavy atom. The average molecular weight is 419 g/mol. The molecule has 1 heterocycles. The highest BCUT2D eigenvalue weighted by molar-refractivity contribution is 7.87. The lowest BCUT2D eigenvalue weighted by Crippen LogP contribution is -2.32. The van der Waals surface area contributed by atoms with Crippen LogP contribution in [0.4, 0.5) is 10.5 Å². The molecule has 0 unspecified atom stereocenters. The number of hydrogen-bond donors (Lipinski definition) is 0. The lowest BCUT2D eigenvalue weighted by atomic mass is 10.2. The molecule has 0 atom stereocenters. The van der Waals surface area contributed by atoms with Crippen LogP contribution in [0.3, 0.4) is 0 Å². The minimum absolute atomic E-state index is 0.0310. The van der Waals surface area contributed by atoms with Gasteiger partial charge in [-0.15, -0.1) is 0 Å². The maximum atomic E-state index is 12.6. The number of benzene rings is 2. The van der Waals surface area contributed by atoms with Crippen molar-refractivity contribution >= 4 is 21.8 Å². The van der Waals surface area contributed by atoms with Gasteiger partial charge in [-0.3, -0.25) is 4.90 Å². The number of unbranched alkanes of at least 4 members (excludes halogenated alkanes) is 2. The Bertz CT molecular complexity index is 927. The summed E-state index contributed by atoms with van der Waals surface area (Å²) in [5.74, 6) is 0.811. The Morgan fingerprint density at radius 3 is 2.21 bits per heavy atom. The molecular weight excluding hydrogens is 392 g/mol. The largest absolute Gasteiger partial charge is 0.497 e. The van der Waals surface area contributed by atoms with Crippen molar-refractivity contribution in [2.24, 2.45) is 0 Å². The van der Waals surface area contributed by atoms with Crippen LogP contribution in [0.25, 0.3) is 0 Å². The maximum Gasteiger partial charge on any atom is 0.339 e. The fraction of sp³-hybridized carbons (Fsp3) is 0.381. The first-order chi connectivity index (χ1) is 13.9. The maximum absolute atomic E-state index is 12.6. The Morgan fingerprint density at radius 2 is 1.59 bits per heavy atom. The number of urea groups is 1. The van der Waals surface area contributed by atoms with E-state index in [1.165, 1.54) is 31.4 Å².